The number of nitrogens with one attached hydrogen (secondary N) is 1. The molecule has 0 aliphatic rings. The van der Waals surface area contributed by atoms with Crippen molar-refractivity contribution < 1.29 is 5.11 Å². The number of phenols is 1. The first-order valence-corrected chi connectivity index (χ1v) is 8.38. The van der Waals surface area contributed by atoms with E-state index < -0.39 is 0 Å². The molecule has 5 heteroatoms. The van der Waals surface area contributed by atoms with Gasteiger partial charge in [0.15, 0.2) is 0 Å². The van der Waals surface area contributed by atoms with E-state index in [0.717, 1.165) is 32.2 Å². The molecule has 0 unspecified atom stereocenters. The molecule has 0 aliphatic carbocycles. The Labute approximate surface area is 143 Å². The molecule has 0 bridgehead atoms. The molecule has 4 rings (SSSR count). The van der Waals surface area contributed by atoms with Crippen LogP contribution in [0.25, 0.3) is 22.3 Å². The molecule has 2 heterocycles. The first-order chi connectivity index (χ1) is 11.7. The molecule has 2 aromatic heterocycles. The van der Waals surface area contributed by atoms with Crippen molar-refractivity contribution in [2.45, 2.75) is 16.8 Å². The SMILES string of the molecule is Cc1ccc(Sc2ncnc3[nH]c(-c4ccc(O)cc4)cc23)cc1. The zero-order chi connectivity index (χ0) is 16.5. The minimum absolute atomic E-state index is 0.255. The molecule has 24 heavy (non-hydrogen) atoms. The Morgan fingerprint density at radius 1 is 0.958 bits per heavy atom. The number of aryl methyl sites for hydroxylation is 1. The quantitative estimate of drug-likeness (QED) is 0.529. The van der Waals surface area contributed by atoms with E-state index in [1.807, 2.05) is 12.1 Å². The van der Waals surface area contributed by atoms with Gasteiger partial charge in [-0.15, -0.1) is 0 Å². The number of rotatable bonds is 3. The molecule has 2 N–H and O–H groups in total. The average molecular weight is 333 g/mol. The van der Waals surface area contributed by atoms with Crippen LogP contribution in [-0.2, 0) is 0 Å². The van der Waals surface area contributed by atoms with Crippen LogP contribution in [0.1, 0.15) is 5.56 Å². The second-order valence-electron chi connectivity index (χ2n) is 5.59. The number of benzene rings is 2. The standard InChI is InChI=1S/C19H15N3OS/c1-12-2-8-15(9-3-12)24-19-16-10-17(22-18(16)20-11-21-19)13-4-6-14(23)7-5-13/h2-11,23H,1H3,(H,20,21,22). The van der Waals surface area contributed by atoms with Gasteiger partial charge in [0.05, 0.1) is 5.39 Å². The highest BCUT2D eigenvalue weighted by Crippen LogP contribution is 2.33. The van der Waals surface area contributed by atoms with E-state index in [1.54, 1.807) is 30.2 Å². The molecule has 4 nitrogen and oxygen atoms in total. The molecule has 0 fully saturated rings. The van der Waals surface area contributed by atoms with Gasteiger partial charge in [-0.1, -0.05) is 29.5 Å². The molecular formula is C19H15N3OS. The van der Waals surface area contributed by atoms with E-state index in [9.17, 15) is 5.11 Å². The van der Waals surface area contributed by atoms with Gasteiger partial charge in [0.25, 0.3) is 0 Å². The van der Waals surface area contributed by atoms with E-state index >= 15 is 0 Å². The fourth-order valence-corrected chi connectivity index (χ4v) is 3.37. The lowest BCUT2D eigenvalue weighted by atomic mass is 10.1. The van der Waals surface area contributed by atoms with Crippen molar-refractivity contribution >= 4 is 22.8 Å². The lowest BCUT2D eigenvalue weighted by Gasteiger charge is -2.02. The Balaban J connectivity index is 1.74. The zero-order valence-electron chi connectivity index (χ0n) is 13.0. The van der Waals surface area contributed by atoms with Crippen LogP contribution in [0.15, 0.2) is 70.8 Å². The summed E-state index contributed by atoms with van der Waals surface area (Å²) in [5.41, 5.74) is 4.00. The van der Waals surface area contributed by atoms with Gasteiger partial charge in [-0.3, -0.25) is 0 Å². The highest BCUT2D eigenvalue weighted by atomic mass is 32.2. The van der Waals surface area contributed by atoms with Crippen LogP contribution in [-0.4, -0.2) is 20.1 Å². The molecule has 2 aromatic carbocycles. The largest absolute Gasteiger partial charge is 0.508 e. The van der Waals surface area contributed by atoms with E-state index in [1.165, 1.54) is 5.56 Å². The van der Waals surface area contributed by atoms with Gasteiger partial charge >= 0.3 is 0 Å². The maximum atomic E-state index is 9.44. The highest BCUT2D eigenvalue weighted by Gasteiger charge is 2.10. The van der Waals surface area contributed by atoms with Crippen LogP contribution in [0.4, 0.5) is 0 Å². The third-order valence-electron chi connectivity index (χ3n) is 3.80. The summed E-state index contributed by atoms with van der Waals surface area (Å²) in [7, 11) is 0. The lowest BCUT2D eigenvalue weighted by Crippen LogP contribution is -1.84. The summed E-state index contributed by atoms with van der Waals surface area (Å²) in [6.45, 7) is 2.08. The van der Waals surface area contributed by atoms with Crippen molar-refractivity contribution in [1.82, 2.24) is 15.0 Å². The second-order valence-corrected chi connectivity index (χ2v) is 6.65. The van der Waals surface area contributed by atoms with Gasteiger partial charge in [0, 0.05) is 10.6 Å². The number of aromatic hydroxyl groups is 1. The Bertz CT molecular complexity index is 991. The number of H-pyrrole nitrogens is 1. The molecule has 0 radical (unpaired) electrons. The molecular weight excluding hydrogens is 318 g/mol. The first kappa shape index (κ1) is 14.8. The van der Waals surface area contributed by atoms with Crippen molar-refractivity contribution in [2.24, 2.45) is 0 Å². The summed E-state index contributed by atoms with van der Waals surface area (Å²) in [6.07, 6.45) is 1.58. The van der Waals surface area contributed by atoms with Crippen molar-refractivity contribution in [1.29, 1.82) is 0 Å². The van der Waals surface area contributed by atoms with E-state index in [4.69, 9.17) is 0 Å². The van der Waals surface area contributed by atoms with E-state index in [-0.39, 0.29) is 5.75 Å². The van der Waals surface area contributed by atoms with Gasteiger partial charge in [-0.05, 0) is 55.0 Å². The summed E-state index contributed by atoms with van der Waals surface area (Å²) in [4.78, 5) is 13.2. The van der Waals surface area contributed by atoms with Gasteiger partial charge in [-0.25, -0.2) is 9.97 Å². The molecule has 118 valence electrons. The molecule has 0 atom stereocenters. The fraction of sp³-hybridized carbons (Fsp3) is 0.0526. The van der Waals surface area contributed by atoms with Crippen molar-refractivity contribution in [3.05, 3.63) is 66.5 Å². The number of aromatic nitrogens is 3. The third kappa shape index (κ3) is 2.86. The van der Waals surface area contributed by atoms with Crippen LogP contribution in [0.2, 0.25) is 0 Å². The van der Waals surface area contributed by atoms with E-state index in [2.05, 4.69) is 52.2 Å². The molecule has 0 amide bonds. The molecule has 0 saturated carbocycles. The molecule has 0 spiro atoms. The molecule has 0 saturated heterocycles. The summed E-state index contributed by atoms with van der Waals surface area (Å²) in [5.74, 6) is 0.255. The first-order valence-electron chi connectivity index (χ1n) is 7.57. The minimum Gasteiger partial charge on any atom is -0.508 e. The summed E-state index contributed by atoms with van der Waals surface area (Å²) in [5, 5.41) is 11.3. The lowest BCUT2D eigenvalue weighted by molar-refractivity contribution is 0.475. The highest BCUT2D eigenvalue weighted by molar-refractivity contribution is 7.99. The second kappa shape index (κ2) is 6.02. The molecule has 0 aliphatic heterocycles. The van der Waals surface area contributed by atoms with E-state index in [0.29, 0.717) is 0 Å². The van der Waals surface area contributed by atoms with Gasteiger partial charge in [0.2, 0.25) is 0 Å². The van der Waals surface area contributed by atoms with Crippen LogP contribution < -0.4 is 0 Å². The van der Waals surface area contributed by atoms with Crippen LogP contribution in [0.3, 0.4) is 0 Å². The zero-order valence-corrected chi connectivity index (χ0v) is 13.8. The Hall–Kier alpha value is -2.79. The number of nitrogens with zero attached hydrogens (tertiary/aromatic N) is 2. The predicted octanol–water partition coefficient (Wildman–Crippen LogP) is 4.79. The number of fused-ring (bicyclic) bond motifs is 1. The number of phenolic OH excluding ortho intramolecular Hbond substituents is 1. The van der Waals surface area contributed by atoms with Gasteiger partial charge in [-0.2, -0.15) is 0 Å². The van der Waals surface area contributed by atoms with Crippen LogP contribution in [0, 0.1) is 6.92 Å². The summed E-state index contributed by atoms with van der Waals surface area (Å²) in [6, 6.07) is 17.5. The smallest absolute Gasteiger partial charge is 0.142 e. The van der Waals surface area contributed by atoms with Gasteiger partial charge in [0.1, 0.15) is 22.7 Å². The van der Waals surface area contributed by atoms with Crippen molar-refractivity contribution in [2.75, 3.05) is 0 Å². The summed E-state index contributed by atoms with van der Waals surface area (Å²) < 4.78 is 0. The number of hydrogen-bond acceptors (Lipinski definition) is 4. The normalized spacial score (nSPS) is 11.0. The average Bonchev–Trinajstić information content (AvgIpc) is 3.03. The maximum absolute atomic E-state index is 9.44. The maximum Gasteiger partial charge on any atom is 0.142 e. The predicted molar refractivity (Wildman–Crippen MR) is 96.3 cm³/mol. The molecule has 4 aromatic rings. The Morgan fingerprint density at radius 2 is 1.71 bits per heavy atom. The Morgan fingerprint density at radius 3 is 2.46 bits per heavy atom. The van der Waals surface area contributed by atoms with Crippen molar-refractivity contribution in [3.8, 4) is 17.0 Å². The third-order valence-corrected chi connectivity index (χ3v) is 4.83. The summed E-state index contributed by atoms with van der Waals surface area (Å²) >= 11 is 1.63. The Kier molecular flexibility index (Phi) is 3.70. The monoisotopic (exact) mass is 333 g/mol. The van der Waals surface area contributed by atoms with Crippen molar-refractivity contribution in [3.63, 3.8) is 0 Å². The van der Waals surface area contributed by atoms with Crippen LogP contribution in [0.5, 0.6) is 5.75 Å². The van der Waals surface area contributed by atoms with Gasteiger partial charge < -0.3 is 10.1 Å². The van der Waals surface area contributed by atoms with Crippen LogP contribution >= 0.6 is 11.8 Å². The topological polar surface area (TPSA) is 61.8 Å². The number of aromatic amines is 1. The number of hydrogen-bond donors (Lipinski definition) is 2. The minimum atomic E-state index is 0.255. The fourth-order valence-electron chi connectivity index (χ4n) is 2.51.